The maximum atomic E-state index is 11.9. The Balaban J connectivity index is 2.63. The minimum Gasteiger partial charge on any atom is -0.481 e. The van der Waals surface area contributed by atoms with Crippen LogP contribution in [0, 0.1) is 6.92 Å². The van der Waals surface area contributed by atoms with Crippen molar-refractivity contribution in [3.05, 3.63) is 17.5 Å². The number of carbonyl (C=O) groups is 2. The molecule has 1 aromatic heterocycles. The molecule has 1 rings (SSSR count). The molecule has 7 nitrogen and oxygen atoms in total. The number of nitrogens with one attached hydrogen (secondary N) is 1. The van der Waals surface area contributed by atoms with E-state index in [1.54, 1.807) is 19.9 Å². The second kappa shape index (κ2) is 6.33. The average molecular weight is 270 g/mol. The molecule has 0 aliphatic carbocycles. The van der Waals surface area contributed by atoms with Crippen LogP contribution in [-0.2, 0) is 20.7 Å². The third-order valence-electron chi connectivity index (χ3n) is 2.46. The number of hydrogen-bond acceptors (Lipinski definition) is 5. The summed E-state index contributed by atoms with van der Waals surface area (Å²) in [5.74, 6) is -0.709. The van der Waals surface area contributed by atoms with Crippen LogP contribution < -0.4 is 5.32 Å². The molecule has 0 aromatic carbocycles. The molecular weight excluding hydrogens is 252 g/mol. The van der Waals surface area contributed by atoms with Crippen LogP contribution in [0.4, 0.5) is 0 Å². The third kappa shape index (κ3) is 5.09. The van der Waals surface area contributed by atoms with E-state index in [4.69, 9.17) is 14.4 Å². The molecule has 106 valence electrons. The van der Waals surface area contributed by atoms with Gasteiger partial charge in [0.25, 0.3) is 0 Å². The molecule has 0 fully saturated rings. The summed E-state index contributed by atoms with van der Waals surface area (Å²) in [4.78, 5) is 22.7. The van der Waals surface area contributed by atoms with Crippen LogP contribution in [0.2, 0.25) is 0 Å². The molecule has 0 saturated heterocycles. The second-order valence-corrected chi connectivity index (χ2v) is 4.72. The number of methoxy groups -OCH3 is 1. The number of aromatic nitrogens is 1. The first-order chi connectivity index (χ1) is 8.84. The van der Waals surface area contributed by atoms with E-state index in [1.165, 1.54) is 7.11 Å². The maximum Gasteiger partial charge on any atom is 0.305 e. The number of hydrogen-bond donors (Lipinski definition) is 2. The smallest absolute Gasteiger partial charge is 0.305 e. The van der Waals surface area contributed by atoms with Crippen LogP contribution in [0.1, 0.15) is 24.8 Å². The lowest BCUT2D eigenvalue weighted by atomic mass is 9.98. The fourth-order valence-corrected chi connectivity index (χ4v) is 1.83. The highest BCUT2D eigenvalue weighted by atomic mass is 16.5. The summed E-state index contributed by atoms with van der Waals surface area (Å²) >= 11 is 0. The number of aryl methyl sites for hydroxylation is 1. The van der Waals surface area contributed by atoms with E-state index in [1.807, 2.05) is 0 Å². The lowest BCUT2D eigenvalue weighted by Crippen LogP contribution is -2.51. The lowest BCUT2D eigenvalue weighted by Gasteiger charge is -2.28. The van der Waals surface area contributed by atoms with Crippen LogP contribution in [0.25, 0.3) is 0 Å². The molecule has 1 aromatic rings. The number of rotatable bonds is 7. The monoisotopic (exact) mass is 270 g/mol. The first-order valence-electron chi connectivity index (χ1n) is 5.78. The fourth-order valence-electron chi connectivity index (χ4n) is 1.83. The van der Waals surface area contributed by atoms with E-state index in [0.717, 1.165) is 0 Å². The summed E-state index contributed by atoms with van der Waals surface area (Å²) in [6.45, 7) is 3.47. The van der Waals surface area contributed by atoms with Gasteiger partial charge in [-0.1, -0.05) is 5.16 Å². The molecule has 0 saturated carbocycles. The standard InChI is InChI=1S/C12H18N2O5/c1-8-4-9(14-19-8)5-10(15)13-12(2,7-18-3)6-11(16)17/h4H,5-7H2,1-3H3,(H,13,15)(H,16,17)/t12-/m0/s1. The Morgan fingerprint density at radius 1 is 1.58 bits per heavy atom. The van der Waals surface area contributed by atoms with Gasteiger partial charge in [-0.05, 0) is 13.8 Å². The summed E-state index contributed by atoms with van der Waals surface area (Å²) in [6.07, 6.45) is -0.180. The zero-order valence-corrected chi connectivity index (χ0v) is 11.2. The number of amides is 1. The molecule has 0 bridgehead atoms. The summed E-state index contributed by atoms with van der Waals surface area (Å²) in [6, 6.07) is 1.66. The number of carboxylic acids is 1. The van der Waals surface area contributed by atoms with E-state index in [2.05, 4.69) is 10.5 Å². The second-order valence-electron chi connectivity index (χ2n) is 4.72. The highest BCUT2D eigenvalue weighted by Crippen LogP contribution is 2.11. The Bertz CT molecular complexity index is 457. The van der Waals surface area contributed by atoms with E-state index in [-0.39, 0.29) is 25.4 Å². The van der Waals surface area contributed by atoms with Gasteiger partial charge in [0.2, 0.25) is 5.91 Å². The van der Waals surface area contributed by atoms with Crippen molar-refractivity contribution in [2.45, 2.75) is 32.2 Å². The molecule has 2 N–H and O–H groups in total. The Kier molecular flexibility index (Phi) is 5.05. The average Bonchev–Trinajstić information content (AvgIpc) is 2.61. The predicted molar refractivity (Wildman–Crippen MR) is 65.6 cm³/mol. The van der Waals surface area contributed by atoms with Crippen LogP contribution in [0.5, 0.6) is 0 Å². The topological polar surface area (TPSA) is 102 Å². The van der Waals surface area contributed by atoms with Crippen molar-refractivity contribution in [2.24, 2.45) is 0 Å². The van der Waals surface area contributed by atoms with Gasteiger partial charge in [-0.3, -0.25) is 9.59 Å². The van der Waals surface area contributed by atoms with Crippen LogP contribution in [0.3, 0.4) is 0 Å². The SMILES string of the molecule is COC[C@](C)(CC(=O)O)NC(=O)Cc1cc(C)on1. The van der Waals surface area contributed by atoms with Gasteiger partial charge in [-0.2, -0.15) is 0 Å². The highest BCUT2D eigenvalue weighted by Gasteiger charge is 2.29. The fraction of sp³-hybridized carbons (Fsp3) is 0.583. The van der Waals surface area contributed by atoms with Crippen LogP contribution >= 0.6 is 0 Å². The number of ether oxygens (including phenoxy) is 1. The van der Waals surface area contributed by atoms with E-state index >= 15 is 0 Å². The summed E-state index contributed by atoms with van der Waals surface area (Å²) in [5, 5.41) is 15.2. The van der Waals surface area contributed by atoms with Crippen LogP contribution in [-0.4, -0.2) is 41.4 Å². The zero-order valence-electron chi connectivity index (χ0n) is 11.2. The molecule has 0 aliphatic rings. The highest BCUT2D eigenvalue weighted by molar-refractivity contribution is 5.80. The molecule has 19 heavy (non-hydrogen) atoms. The maximum absolute atomic E-state index is 11.9. The third-order valence-corrected chi connectivity index (χ3v) is 2.46. The molecule has 0 spiro atoms. The van der Waals surface area contributed by atoms with Crippen molar-refractivity contribution < 1.29 is 24.0 Å². The van der Waals surface area contributed by atoms with Crippen molar-refractivity contribution in [1.82, 2.24) is 10.5 Å². The van der Waals surface area contributed by atoms with Crippen molar-refractivity contribution in [3.8, 4) is 0 Å². The molecule has 7 heteroatoms. The summed E-state index contributed by atoms with van der Waals surface area (Å²) in [7, 11) is 1.45. The molecular formula is C12H18N2O5. The molecule has 1 atom stereocenters. The summed E-state index contributed by atoms with van der Waals surface area (Å²) < 4.78 is 9.81. The number of nitrogens with zero attached hydrogens (tertiary/aromatic N) is 1. The molecule has 1 heterocycles. The predicted octanol–water partition coefficient (Wildman–Crippen LogP) is 0.522. The van der Waals surface area contributed by atoms with Crippen molar-refractivity contribution in [2.75, 3.05) is 13.7 Å². The van der Waals surface area contributed by atoms with Gasteiger partial charge in [-0.25, -0.2) is 0 Å². The Hall–Kier alpha value is -1.89. The number of carboxylic acid groups (broad SMARTS) is 1. The van der Waals surface area contributed by atoms with Gasteiger partial charge >= 0.3 is 5.97 Å². The largest absolute Gasteiger partial charge is 0.481 e. The zero-order chi connectivity index (χ0) is 14.5. The lowest BCUT2D eigenvalue weighted by molar-refractivity contribution is -0.139. The van der Waals surface area contributed by atoms with E-state index in [0.29, 0.717) is 11.5 Å². The van der Waals surface area contributed by atoms with Gasteiger partial charge in [0.05, 0.1) is 30.7 Å². The van der Waals surface area contributed by atoms with Crippen LogP contribution in [0.15, 0.2) is 10.6 Å². The van der Waals surface area contributed by atoms with Gasteiger partial charge in [0.15, 0.2) is 0 Å². The minimum absolute atomic E-state index is 0.0380. The number of aliphatic carboxylic acids is 1. The summed E-state index contributed by atoms with van der Waals surface area (Å²) in [5.41, 5.74) is -0.443. The van der Waals surface area contributed by atoms with Crippen molar-refractivity contribution in [1.29, 1.82) is 0 Å². The number of carbonyl (C=O) groups excluding carboxylic acids is 1. The Morgan fingerprint density at radius 3 is 2.74 bits per heavy atom. The van der Waals surface area contributed by atoms with Gasteiger partial charge in [-0.15, -0.1) is 0 Å². The molecule has 0 aliphatic heterocycles. The normalized spacial score (nSPS) is 13.8. The quantitative estimate of drug-likeness (QED) is 0.749. The molecule has 0 radical (unpaired) electrons. The molecule has 0 unspecified atom stereocenters. The Labute approximate surface area is 110 Å². The van der Waals surface area contributed by atoms with E-state index in [9.17, 15) is 9.59 Å². The first kappa shape index (κ1) is 15.2. The Morgan fingerprint density at radius 2 is 2.26 bits per heavy atom. The van der Waals surface area contributed by atoms with E-state index < -0.39 is 11.5 Å². The minimum atomic E-state index is -1.00. The van der Waals surface area contributed by atoms with Gasteiger partial charge in [0.1, 0.15) is 5.76 Å². The van der Waals surface area contributed by atoms with Gasteiger partial charge < -0.3 is 19.7 Å². The van der Waals surface area contributed by atoms with Crippen molar-refractivity contribution in [3.63, 3.8) is 0 Å². The molecule has 1 amide bonds. The first-order valence-corrected chi connectivity index (χ1v) is 5.78. The van der Waals surface area contributed by atoms with Crippen molar-refractivity contribution >= 4 is 11.9 Å². The van der Waals surface area contributed by atoms with Gasteiger partial charge in [0, 0.05) is 13.2 Å².